The van der Waals surface area contributed by atoms with Crippen molar-refractivity contribution in [1.29, 1.82) is 0 Å². The number of nitrogens with two attached hydrogens (primary N) is 1. The van der Waals surface area contributed by atoms with Gasteiger partial charge >= 0.3 is 0 Å². The molecular weight excluding hydrogens is 174 g/mol. The standard InChI is InChI=1S/C12H15NO/c13-11(5-6-11)9-3-1-2-4-10(9)12(14)7-8-12/h1-4,14H,5-8,13H2. The van der Waals surface area contributed by atoms with E-state index in [1.165, 1.54) is 5.56 Å². The van der Waals surface area contributed by atoms with Crippen molar-refractivity contribution in [3.05, 3.63) is 35.4 Å². The van der Waals surface area contributed by atoms with Crippen LogP contribution in [0.4, 0.5) is 0 Å². The topological polar surface area (TPSA) is 46.2 Å². The predicted molar refractivity (Wildman–Crippen MR) is 54.7 cm³/mol. The Morgan fingerprint density at radius 3 is 2.07 bits per heavy atom. The Labute approximate surface area is 83.7 Å². The first-order valence-electron chi connectivity index (χ1n) is 5.25. The van der Waals surface area contributed by atoms with E-state index in [0.29, 0.717) is 0 Å². The van der Waals surface area contributed by atoms with Gasteiger partial charge in [-0.2, -0.15) is 0 Å². The van der Waals surface area contributed by atoms with E-state index in [1.54, 1.807) is 0 Å². The summed E-state index contributed by atoms with van der Waals surface area (Å²) < 4.78 is 0. The molecule has 0 aromatic heterocycles. The lowest BCUT2D eigenvalue weighted by molar-refractivity contribution is 0.149. The zero-order chi connectivity index (χ0) is 9.81. The van der Waals surface area contributed by atoms with E-state index in [2.05, 4.69) is 6.07 Å². The van der Waals surface area contributed by atoms with Gasteiger partial charge in [-0.1, -0.05) is 24.3 Å². The molecule has 0 heterocycles. The van der Waals surface area contributed by atoms with Crippen LogP contribution in [0.25, 0.3) is 0 Å². The second-order valence-electron chi connectivity index (χ2n) is 4.73. The van der Waals surface area contributed by atoms with Gasteiger partial charge in [0, 0.05) is 5.54 Å². The summed E-state index contributed by atoms with van der Waals surface area (Å²) in [5, 5.41) is 10.1. The summed E-state index contributed by atoms with van der Waals surface area (Å²) in [7, 11) is 0. The fourth-order valence-electron chi connectivity index (χ4n) is 2.11. The summed E-state index contributed by atoms with van der Waals surface area (Å²) in [6.45, 7) is 0. The lowest BCUT2D eigenvalue weighted by Gasteiger charge is -2.18. The third-order valence-electron chi connectivity index (χ3n) is 3.48. The Morgan fingerprint density at radius 1 is 1.00 bits per heavy atom. The van der Waals surface area contributed by atoms with Crippen molar-refractivity contribution in [2.45, 2.75) is 36.8 Å². The molecule has 2 aliphatic carbocycles. The molecule has 0 spiro atoms. The minimum absolute atomic E-state index is 0.130. The Morgan fingerprint density at radius 2 is 1.57 bits per heavy atom. The highest BCUT2D eigenvalue weighted by molar-refractivity contribution is 5.42. The van der Waals surface area contributed by atoms with Gasteiger partial charge in [0.1, 0.15) is 0 Å². The molecule has 0 radical (unpaired) electrons. The van der Waals surface area contributed by atoms with Crippen LogP contribution < -0.4 is 5.73 Å². The third kappa shape index (κ3) is 1.11. The smallest absolute Gasteiger partial charge is 0.0902 e. The lowest BCUT2D eigenvalue weighted by Crippen LogP contribution is -2.23. The summed E-state index contributed by atoms with van der Waals surface area (Å²) in [6.07, 6.45) is 3.89. The maximum Gasteiger partial charge on any atom is 0.0902 e. The monoisotopic (exact) mass is 189 g/mol. The number of benzene rings is 1. The SMILES string of the molecule is NC1(c2ccccc2C2(O)CC2)CC1. The van der Waals surface area contributed by atoms with Crippen LogP contribution in [0.1, 0.15) is 36.8 Å². The minimum Gasteiger partial charge on any atom is -0.385 e. The Hall–Kier alpha value is -0.860. The van der Waals surface area contributed by atoms with Gasteiger partial charge in [-0.15, -0.1) is 0 Å². The van der Waals surface area contributed by atoms with Crippen LogP contribution in [-0.2, 0) is 11.1 Å². The molecule has 14 heavy (non-hydrogen) atoms. The molecule has 0 amide bonds. The van der Waals surface area contributed by atoms with Crippen LogP contribution in [0.5, 0.6) is 0 Å². The third-order valence-corrected chi connectivity index (χ3v) is 3.48. The lowest BCUT2D eigenvalue weighted by atomic mass is 9.94. The molecule has 1 aromatic rings. The van der Waals surface area contributed by atoms with Gasteiger partial charge in [-0.25, -0.2) is 0 Å². The van der Waals surface area contributed by atoms with Crippen molar-refractivity contribution in [3.63, 3.8) is 0 Å². The molecule has 74 valence electrons. The van der Waals surface area contributed by atoms with Gasteiger partial charge < -0.3 is 10.8 Å². The second kappa shape index (κ2) is 2.38. The summed E-state index contributed by atoms with van der Waals surface area (Å²) in [4.78, 5) is 0. The zero-order valence-corrected chi connectivity index (χ0v) is 8.16. The average molecular weight is 189 g/mol. The molecule has 1 aromatic carbocycles. The average Bonchev–Trinajstić information content (AvgIpc) is 3.08. The summed E-state index contributed by atoms with van der Waals surface area (Å²) in [5.74, 6) is 0. The molecule has 0 aliphatic heterocycles. The van der Waals surface area contributed by atoms with E-state index in [4.69, 9.17) is 5.73 Å². The Balaban J connectivity index is 2.10. The fraction of sp³-hybridized carbons (Fsp3) is 0.500. The van der Waals surface area contributed by atoms with Crippen LogP contribution in [0.3, 0.4) is 0 Å². The Kier molecular flexibility index (Phi) is 1.44. The first-order chi connectivity index (χ1) is 6.64. The molecule has 3 N–H and O–H groups in total. The zero-order valence-electron chi connectivity index (χ0n) is 8.16. The maximum absolute atomic E-state index is 10.1. The molecule has 2 saturated carbocycles. The van der Waals surface area contributed by atoms with Crippen LogP contribution >= 0.6 is 0 Å². The first kappa shape index (κ1) is 8.45. The van der Waals surface area contributed by atoms with Crippen molar-refractivity contribution in [1.82, 2.24) is 0 Å². The van der Waals surface area contributed by atoms with E-state index >= 15 is 0 Å². The summed E-state index contributed by atoms with van der Waals surface area (Å²) in [5.41, 5.74) is 7.74. The van der Waals surface area contributed by atoms with Gasteiger partial charge in [-0.3, -0.25) is 0 Å². The molecule has 2 nitrogen and oxygen atoms in total. The molecule has 0 saturated heterocycles. The molecule has 0 bridgehead atoms. The van der Waals surface area contributed by atoms with Crippen molar-refractivity contribution in [3.8, 4) is 0 Å². The molecule has 2 aliphatic rings. The van der Waals surface area contributed by atoms with Crippen molar-refractivity contribution in [2.75, 3.05) is 0 Å². The normalized spacial score (nSPS) is 25.9. The van der Waals surface area contributed by atoms with Gasteiger partial charge in [0.2, 0.25) is 0 Å². The number of hydrogen-bond acceptors (Lipinski definition) is 2. The quantitative estimate of drug-likeness (QED) is 0.742. The van der Waals surface area contributed by atoms with E-state index in [-0.39, 0.29) is 5.54 Å². The van der Waals surface area contributed by atoms with Gasteiger partial charge in [0.15, 0.2) is 0 Å². The highest BCUT2D eigenvalue weighted by Crippen LogP contribution is 2.52. The van der Waals surface area contributed by atoms with Crippen LogP contribution in [0.2, 0.25) is 0 Å². The van der Waals surface area contributed by atoms with Crippen LogP contribution in [0, 0.1) is 0 Å². The molecular formula is C12H15NO. The van der Waals surface area contributed by atoms with E-state index in [1.807, 2.05) is 18.2 Å². The first-order valence-corrected chi connectivity index (χ1v) is 5.25. The van der Waals surface area contributed by atoms with Crippen molar-refractivity contribution >= 4 is 0 Å². The summed E-state index contributed by atoms with van der Waals surface area (Å²) in [6, 6.07) is 8.09. The number of rotatable bonds is 2. The predicted octanol–water partition coefficient (Wildman–Crippen LogP) is 1.62. The highest BCUT2D eigenvalue weighted by Gasteiger charge is 2.49. The van der Waals surface area contributed by atoms with Gasteiger partial charge in [0.05, 0.1) is 5.60 Å². The fourth-order valence-corrected chi connectivity index (χ4v) is 2.11. The van der Waals surface area contributed by atoms with Crippen LogP contribution in [-0.4, -0.2) is 5.11 Å². The van der Waals surface area contributed by atoms with Crippen LogP contribution in [0.15, 0.2) is 24.3 Å². The second-order valence-corrected chi connectivity index (χ2v) is 4.73. The minimum atomic E-state index is -0.550. The molecule has 0 unspecified atom stereocenters. The maximum atomic E-state index is 10.1. The van der Waals surface area contributed by atoms with E-state index in [9.17, 15) is 5.11 Å². The van der Waals surface area contributed by atoms with Crippen molar-refractivity contribution in [2.24, 2.45) is 5.73 Å². The molecule has 2 fully saturated rings. The highest BCUT2D eigenvalue weighted by atomic mass is 16.3. The van der Waals surface area contributed by atoms with Gasteiger partial charge in [-0.05, 0) is 36.8 Å². The Bertz CT molecular complexity index is 341. The van der Waals surface area contributed by atoms with Crippen molar-refractivity contribution < 1.29 is 5.11 Å². The summed E-state index contributed by atoms with van der Waals surface area (Å²) >= 11 is 0. The van der Waals surface area contributed by atoms with Gasteiger partial charge in [0.25, 0.3) is 0 Å². The van der Waals surface area contributed by atoms with E-state index in [0.717, 1.165) is 31.2 Å². The number of hydrogen-bond donors (Lipinski definition) is 2. The molecule has 2 heteroatoms. The van der Waals surface area contributed by atoms with E-state index < -0.39 is 5.60 Å². The molecule has 0 atom stereocenters. The number of aliphatic hydroxyl groups is 1. The molecule has 3 rings (SSSR count). The largest absolute Gasteiger partial charge is 0.385 e.